The van der Waals surface area contributed by atoms with Gasteiger partial charge in [-0.05, 0) is 66.8 Å². The fraction of sp³-hybridized carbons (Fsp3) is 0.268. The first kappa shape index (κ1) is 39.1. The molecule has 4 amide bonds. The van der Waals surface area contributed by atoms with E-state index in [-0.39, 0.29) is 43.1 Å². The second kappa shape index (κ2) is 14.6. The summed E-state index contributed by atoms with van der Waals surface area (Å²) in [5, 5.41) is 19.9. The van der Waals surface area contributed by atoms with E-state index in [4.69, 9.17) is 27.9 Å². The lowest BCUT2D eigenvalue weighted by atomic mass is 9.49. The van der Waals surface area contributed by atoms with Crippen LogP contribution < -0.4 is 15.1 Å². The molecule has 3 aromatic carbocycles. The molecule has 4 aliphatic rings. The molecule has 6 atom stereocenters. The van der Waals surface area contributed by atoms with E-state index in [2.05, 4.69) is 10.4 Å². The number of nitrogens with zero attached hydrogens (tertiary/aromatic N) is 3. The van der Waals surface area contributed by atoms with Crippen molar-refractivity contribution in [2.45, 2.75) is 30.4 Å². The fourth-order valence-corrected chi connectivity index (χ4v) is 9.50. The van der Waals surface area contributed by atoms with Gasteiger partial charge in [0.25, 0.3) is 11.8 Å². The van der Waals surface area contributed by atoms with E-state index in [1.165, 1.54) is 24.3 Å². The summed E-state index contributed by atoms with van der Waals surface area (Å²) in [4.78, 5) is 75.7. The fourth-order valence-electron chi connectivity index (χ4n) is 9.17. The Hall–Kier alpha value is -5.77. The topological polar surface area (TPSA) is 166 Å². The monoisotopic (exact) mass is 834 g/mol. The van der Waals surface area contributed by atoms with Crippen molar-refractivity contribution >= 4 is 64.3 Å². The number of pyridine rings is 1. The third-order valence-electron chi connectivity index (χ3n) is 11.5. The highest BCUT2D eigenvalue weighted by Crippen LogP contribution is 2.65. The molecule has 3 heterocycles. The molecule has 298 valence electrons. The highest BCUT2D eigenvalue weighted by molar-refractivity contribution is 6.33. The lowest BCUT2D eigenvalue weighted by Crippen LogP contribution is -2.53. The predicted molar refractivity (Wildman–Crippen MR) is 202 cm³/mol. The summed E-state index contributed by atoms with van der Waals surface area (Å²) >= 11 is 12.6. The molecular formula is C41H31Cl2F3N4O8. The average Bonchev–Trinajstić information content (AvgIpc) is 3.58. The third-order valence-corrected chi connectivity index (χ3v) is 12.0. The van der Waals surface area contributed by atoms with Crippen LogP contribution in [0.4, 0.5) is 24.7 Å². The summed E-state index contributed by atoms with van der Waals surface area (Å²) in [6.07, 6.45) is -2.54. The average molecular weight is 836 g/mol. The molecule has 4 aromatic rings. The number of ether oxygens (including phenoxy) is 1. The zero-order chi connectivity index (χ0) is 41.3. The maximum Gasteiger partial charge on any atom is 0.417 e. The summed E-state index contributed by atoms with van der Waals surface area (Å²) in [6, 6.07) is 19.1. The number of carbonyl (C=O) groups excluding carboxylic acids is 4. The van der Waals surface area contributed by atoms with Gasteiger partial charge in [0.1, 0.15) is 12.4 Å². The Balaban J connectivity index is 1.31. The van der Waals surface area contributed by atoms with Crippen LogP contribution in [-0.2, 0) is 30.8 Å². The van der Waals surface area contributed by atoms with Gasteiger partial charge in [-0.1, -0.05) is 71.2 Å². The zero-order valence-electron chi connectivity index (χ0n) is 30.0. The number of imide groups is 2. The van der Waals surface area contributed by atoms with Crippen molar-refractivity contribution in [2.24, 2.45) is 23.7 Å². The molecule has 58 heavy (non-hydrogen) atoms. The number of benzene rings is 3. The van der Waals surface area contributed by atoms with Crippen LogP contribution >= 0.6 is 23.2 Å². The molecule has 2 aliphatic carbocycles. The van der Waals surface area contributed by atoms with Crippen molar-refractivity contribution in [2.75, 3.05) is 23.5 Å². The number of hydrazine groups is 1. The number of allylic oxidation sites excluding steroid dienone is 2. The maximum atomic E-state index is 15.4. The number of aromatic nitrogens is 1. The summed E-state index contributed by atoms with van der Waals surface area (Å²) in [6.45, 7) is -0.491. The van der Waals surface area contributed by atoms with E-state index < -0.39 is 87.2 Å². The number of aliphatic hydroxyl groups is 1. The largest absolute Gasteiger partial charge is 0.491 e. The van der Waals surface area contributed by atoms with Gasteiger partial charge < -0.3 is 14.9 Å². The van der Waals surface area contributed by atoms with E-state index in [1.54, 1.807) is 54.6 Å². The Bertz CT molecular complexity index is 2430. The van der Waals surface area contributed by atoms with E-state index in [0.717, 1.165) is 4.90 Å². The molecule has 17 heteroatoms. The van der Waals surface area contributed by atoms with Gasteiger partial charge in [-0.15, -0.1) is 0 Å². The van der Waals surface area contributed by atoms with E-state index >= 15 is 4.79 Å². The molecule has 0 spiro atoms. The quantitative estimate of drug-likeness (QED) is 0.123. The number of carboxylic acid groups (broad SMARTS) is 1. The first-order chi connectivity index (χ1) is 27.7. The number of anilines is 2. The number of amides is 4. The molecule has 0 unspecified atom stereocenters. The van der Waals surface area contributed by atoms with Crippen molar-refractivity contribution < 1.29 is 52.1 Å². The number of para-hydroxylation sites is 1. The maximum absolute atomic E-state index is 15.4. The number of carbonyl (C=O) groups is 5. The van der Waals surface area contributed by atoms with E-state index in [9.17, 15) is 42.6 Å². The van der Waals surface area contributed by atoms with E-state index in [1.807, 2.05) is 0 Å². The van der Waals surface area contributed by atoms with Crippen molar-refractivity contribution in [3.63, 3.8) is 0 Å². The lowest BCUT2D eigenvalue weighted by molar-refractivity contribution is -0.139. The van der Waals surface area contributed by atoms with Crippen LogP contribution in [0.15, 0.2) is 96.7 Å². The van der Waals surface area contributed by atoms with Gasteiger partial charge in [0.15, 0.2) is 5.82 Å². The Morgan fingerprint density at radius 1 is 0.948 bits per heavy atom. The molecule has 8 rings (SSSR count). The number of rotatable bonds is 9. The van der Waals surface area contributed by atoms with Gasteiger partial charge in [-0.2, -0.15) is 18.2 Å². The van der Waals surface area contributed by atoms with Crippen LogP contribution in [0.2, 0.25) is 10.0 Å². The van der Waals surface area contributed by atoms with Crippen LogP contribution in [0.1, 0.15) is 45.8 Å². The van der Waals surface area contributed by atoms with Gasteiger partial charge in [0, 0.05) is 22.7 Å². The van der Waals surface area contributed by atoms with Crippen LogP contribution in [0.25, 0.3) is 0 Å². The Kier molecular flexibility index (Phi) is 9.81. The Labute approximate surface area is 337 Å². The van der Waals surface area contributed by atoms with Gasteiger partial charge in [0.2, 0.25) is 11.8 Å². The van der Waals surface area contributed by atoms with Crippen molar-refractivity contribution in [3.8, 4) is 5.75 Å². The molecule has 2 aliphatic heterocycles. The molecule has 12 nitrogen and oxygen atoms in total. The number of halogens is 5. The highest BCUT2D eigenvalue weighted by Gasteiger charge is 2.70. The van der Waals surface area contributed by atoms with Gasteiger partial charge >= 0.3 is 12.1 Å². The molecule has 0 radical (unpaired) electrons. The molecular weight excluding hydrogens is 804 g/mol. The number of hydrogen-bond donors (Lipinski definition) is 3. The number of aliphatic hydroxyl groups excluding tert-OH is 1. The lowest BCUT2D eigenvalue weighted by Gasteiger charge is -2.50. The normalized spacial score (nSPS) is 25.3. The van der Waals surface area contributed by atoms with Crippen LogP contribution in [-0.4, -0.2) is 63.0 Å². The summed E-state index contributed by atoms with van der Waals surface area (Å²) in [5.41, 5.74) is 0.879. The van der Waals surface area contributed by atoms with Crippen LogP contribution in [0, 0.1) is 23.7 Å². The summed E-state index contributed by atoms with van der Waals surface area (Å²) in [5.74, 6) is -9.27. The number of nitrogens with one attached hydrogen (secondary N) is 1. The van der Waals surface area contributed by atoms with Crippen molar-refractivity contribution in [1.82, 2.24) is 9.99 Å². The highest BCUT2D eigenvalue weighted by atomic mass is 35.5. The van der Waals surface area contributed by atoms with Crippen LogP contribution in [0.3, 0.4) is 0 Å². The third kappa shape index (κ3) is 6.10. The van der Waals surface area contributed by atoms with Crippen molar-refractivity contribution in [3.05, 3.63) is 129 Å². The minimum absolute atomic E-state index is 0.0584. The SMILES string of the molecule is O=C(O)c1cccc(N2C(=O)[C@H]3[C@H](CC=C4[C@H]3C[C@H]3C(=O)N(Nc5ncc(C(F)(F)F)cc5Cl)C(=O)[C@@]3(c3ccc(Cl)cc3)[C@H]4c3ccccc3OCCO)C2=O)c1. The molecule has 0 bridgehead atoms. The zero-order valence-corrected chi connectivity index (χ0v) is 31.5. The number of hydrogen-bond acceptors (Lipinski definition) is 9. The first-order valence-corrected chi connectivity index (χ1v) is 18.8. The summed E-state index contributed by atoms with van der Waals surface area (Å²) < 4.78 is 46.6. The predicted octanol–water partition coefficient (Wildman–Crippen LogP) is 6.67. The molecule has 1 saturated carbocycles. The number of carboxylic acids is 1. The number of alkyl halides is 3. The minimum atomic E-state index is -4.78. The summed E-state index contributed by atoms with van der Waals surface area (Å²) in [7, 11) is 0. The number of fused-ring (bicyclic) bond motifs is 4. The Morgan fingerprint density at radius 2 is 1.69 bits per heavy atom. The van der Waals surface area contributed by atoms with Crippen LogP contribution in [0.5, 0.6) is 5.75 Å². The molecule has 3 N–H and O–H groups in total. The van der Waals surface area contributed by atoms with Gasteiger partial charge in [-0.3, -0.25) is 29.5 Å². The second-order valence-electron chi connectivity index (χ2n) is 14.4. The smallest absolute Gasteiger partial charge is 0.417 e. The minimum Gasteiger partial charge on any atom is -0.491 e. The standard InChI is InChI=1S/C41H31Cl2F3N4O8/c42-23-10-8-21(9-11-23)40-29(36(53)50(39(40)57)48-34-30(43)17-22(19-47-34)41(44,45)46)18-28-25(33(40)26-6-1-2-7-31(26)58-15-14-51)12-13-27-32(28)37(54)49(35(27)52)24-5-3-4-20(16-24)38(55)56/h1-12,16-17,19,27-29,32-33,51H,13-15,18H2,(H,47,48)(H,55,56)/t27-,28+,29-,32-,33+,40+/m0/s1. The molecule has 1 aromatic heterocycles. The second-order valence-corrected chi connectivity index (χ2v) is 15.2. The Morgan fingerprint density at radius 3 is 2.38 bits per heavy atom. The van der Waals surface area contributed by atoms with Crippen molar-refractivity contribution in [1.29, 1.82) is 0 Å². The van der Waals surface area contributed by atoms with Gasteiger partial charge in [0.05, 0.1) is 51.6 Å². The molecule has 3 fully saturated rings. The molecule has 2 saturated heterocycles. The first-order valence-electron chi connectivity index (χ1n) is 18.1. The van der Waals surface area contributed by atoms with Gasteiger partial charge in [-0.25, -0.2) is 9.78 Å². The van der Waals surface area contributed by atoms with E-state index in [0.29, 0.717) is 39.0 Å². The number of aromatic carboxylic acids is 1.